The molecule has 1 unspecified atom stereocenters. The molecule has 3 nitrogen and oxygen atoms in total. The van der Waals surface area contributed by atoms with Crippen molar-refractivity contribution in [2.75, 3.05) is 0 Å². The Morgan fingerprint density at radius 2 is 2.25 bits per heavy atom. The van der Waals surface area contributed by atoms with Crippen LogP contribution in [0, 0.1) is 0 Å². The molecule has 16 heavy (non-hydrogen) atoms. The second-order valence-corrected chi connectivity index (χ2v) is 5.09. The number of nitrogens with two attached hydrogens (primary N) is 1. The van der Waals surface area contributed by atoms with Gasteiger partial charge in [0.25, 0.3) is 0 Å². The first-order valence-corrected chi connectivity index (χ1v) is 5.91. The Labute approximate surface area is 99.0 Å². The van der Waals surface area contributed by atoms with Crippen LogP contribution in [-0.2, 0) is 5.41 Å². The highest BCUT2D eigenvalue weighted by atomic mass is 35.5. The van der Waals surface area contributed by atoms with E-state index < -0.39 is 0 Å². The molecule has 2 aromatic rings. The number of H-pyrrole nitrogens is 1. The highest BCUT2D eigenvalue weighted by molar-refractivity contribution is 6.34. The number of nitrogens with zero attached hydrogens (tertiary/aromatic N) is 1. The molecule has 1 atom stereocenters. The van der Waals surface area contributed by atoms with Crippen molar-refractivity contribution in [3.8, 4) is 0 Å². The lowest BCUT2D eigenvalue weighted by atomic mass is 9.89. The van der Waals surface area contributed by atoms with Gasteiger partial charge in [-0.3, -0.25) is 5.10 Å². The molecule has 3 N–H and O–H groups in total. The van der Waals surface area contributed by atoms with Crippen LogP contribution in [0.1, 0.15) is 25.3 Å². The van der Waals surface area contributed by atoms with Crippen LogP contribution in [0.15, 0.2) is 18.2 Å². The van der Waals surface area contributed by atoms with Crippen LogP contribution < -0.4 is 5.73 Å². The molecule has 84 valence electrons. The van der Waals surface area contributed by atoms with Crippen LogP contribution in [0.5, 0.6) is 0 Å². The van der Waals surface area contributed by atoms with Gasteiger partial charge < -0.3 is 5.73 Å². The summed E-state index contributed by atoms with van der Waals surface area (Å²) in [6, 6.07) is 6.44. The maximum Gasteiger partial charge on any atom is 0.132 e. The number of nitrogens with one attached hydrogen (secondary N) is 1. The average Bonchev–Trinajstić information content (AvgIpc) is 3.01. The number of hydrogen-bond acceptors (Lipinski definition) is 2. The number of aromatic amines is 1. The molecule has 1 fully saturated rings. The lowest BCUT2D eigenvalue weighted by Crippen LogP contribution is -2.31. The van der Waals surface area contributed by atoms with E-state index in [-0.39, 0.29) is 11.5 Å². The molecule has 1 aliphatic carbocycles. The lowest BCUT2D eigenvalue weighted by Gasteiger charge is -2.20. The maximum absolute atomic E-state index is 6.07. The Kier molecular flexibility index (Phi) is 2.03. The van der Waals surface area contributed by atoms with E-state index in [9.17, 15) is 0 Å². The van der Waals surface area contributed by atoms with Gasteiger partial charge in [0.1, 0.15) is 5.15 Å². The van der Waals surface area contributed by atoms with Gasteiger partial charge in [0.05, 0.1) is 5.52 Å². The maximum atomic E-state index is 6.07. The predicted molar refractivity (Wildman–Crippen MR) is 65.7 cm³/mol. The minimum Gasteiger partial charge on any atom is -0.327 e. The van der Waals surface area contributed by atoms with Gasteiger partial charge >= 0.3 is 0 Å². The van der Waals surface area contributed by atoms with E-state index in [0.717, 1.165) is 10.9 Å². The second kappa shape index (κ2) is 3.22. The van der Waals surface area contributed by atoms with Crippen molar-refractivity contribution < 1.29 is 0 Å². The molecule has 3 rings (SSSR count). The van der Waals surface area contributed by atoms with E-state index in [4.69, 9.17) is 17.3 Å². The molecular formula is C12H14ClN3. The van der Waals surface area contributed by atoms with Crippen LogP contribution in [0.25, 0.3) is 10.9 Å². The van der Waals surface area contributed by atoms with Gasteiger partial charge in [-0.25, -0.2) is 0 Å². The summed E-state index contributed by atoms with van der Waals surface area (Å²) >= 11 is 6.05. The summed E-state index contributed by atoms with van der Waals surface area (Å²) in [4.78, 5) is 0. The largest absolute Gasteiger partial charge is 0.327 e. The number of benzene rings is 1. The summed E-state index contributed by atoms with van der Waals surface area (Å²) in [5.74, 6) is 0. The van der Waals surface area contributed by atoms with Gasteiger partial charge in [-0.1, -0.05) is 17.7 Å². The summed E-state index contributed by atoms with van der Waals surface area (Å²) in [6.07, 6.45) is 2.34. The molecule has 0 aliphatic heterocycles. The van der Waals surface area contributed by atoms with Crippen molar-refractivity contribution in [3.05, 3.63) is 28.9 Å². The first-order chi connectivity index (χ1) is 7.63. The van der Waals surface area contributed by atoms with Gasteiger partial charge in [-0.2, -0.15) is 5.10 Å². The van der Waals surface area contributed by atoms with Crippen LogP contribution in [0.3, 0.4) is 0 Å². The molecule has 1 saturated carbocycles. The summed E-state index contributed by atoms with van der Waals surface area (Å²) in [5, 5.41) is 8.51. The highest BCUT2D eigenvalue weighted by Gasteiger charge is 2.47. The minimum absolute atomic E-state index is 0.175. The number of aromatic nitrogens is 2. The Hall–Kier alpha value is -1.06. The monoisotopic (exact) mass is 235 g/mol. The molecule has 0 radical (unpaired) electrons. The zero-order valence-electron chi connectivity index (χ0n) is 9.13. The second-order valence-electron chi connectivity index (χ2n) is 4.71. The summed E-state index contributed by atoms with van der Waals surface area (Å²) in [6.45, 7) is 2.08. The molecule has 1 aromatic carbocycles. The topological polar surface area (TPSA) is 54.7 Å². The van der Waals surface area contributed by atoms with Crippen molar-refractivity contribution in [1.82, 2.24) is 10.2 Å². The quantitative estimate of drug-likeness (QED) is 0.841. The zero-order valence-corrected chi connectivity index (χ0v) is 9.88. The fourth-order valence-corrected chi connectivity index (χ4v) is 2.62. The van der Waals surface area contributed by atoms with Crippen molar-refractivity contribution in [2.45, 2.75) is 31.2 Å². The molecule has 0 saturated heterocycles. The van der Waals surface area contributed by atoms with E-state index in [0.29, 0.717) is 5.15 Å². The highest BCUT2D eigenvalue weighted by Crippen LogP contribution is 2.50. The minimum atomic E-state index is 0.175. The first-order valence-electron chi connectivity index (χ1n) is 5.53. The molecule has 0 spiro atoms. The number of halogens is 1. The first kappa shape index (κ1) is 10.1. The zero-order chi connectivity index (χ0) is 11.3. The van der Waals surface area contributed by atoms with Crippen molar-refractivity contribution >= 4 is 22.5 Å². The van der Waals surface area contributed by atoms with Gasteiger partial charge in [-0.15, -0.1) is 0 Å². The molecule has 1 aliphatic rings. The number of hydrogen-bond donors (Lipinski definition) is 2. The van der Waals surface area contributed by atoms with Gasteiger partial charge in [0.2, 0.25) is 0 Å². The molecule has 1 aromatic heterocycles. The lowest BCUT2D eigenvalue weighted by molar-refractivity contribution is 0.557. The van der Waals surface area contributed by atoms with Gasteiger partial charge in [0.15, 0.2) is 0 Å². The van der Waals surface area contributed by atoms with E-state index in [1.807, 2.05) is 6.07 Å². The van der Waals surface area contributed by atoms with Gasteiger partial charge in [-0.05, 0) is 37.5 Å². The fourth-order valence-electron chi connectivity index (χ4n) is 2.43. The molecule has 0 amide bonds. The van der Waals surface area contributed by atoms with Crippen LogP contribution in [-0.4, -0.2) is 16.2 Å². The molecule has 1 heterocycles. The average molecular weight is 236 g/mol. The van der Waals surface area contributed by atoms with Crippen LogP contribution in [0.2, 0.25) is 5.15 Å². The number of fused-ring (bicyclic) bond motifs is 1. The summed E-state index contributed by atoms with van der Waals surface area (Å²) in [5.41, 5.74) is 8.44. The standard InChI is InChI=1S/C12H14ClN3/c1-7(14)12(4-5-12)8-2-3-10-9(6-8)11(13)16-15-10/h2-3,6-7H,4-5,14H2,1H3,(H,15,16). The Bertz CT molecular complexity index is 540. The van der Waals surface area contributed by atoms with E-state index >= 15 is 0 Å². The van der Waals surface area contributed by atoms with Crippen molar-refractivity contribution in [3.63, 3.8) is 0 Å². The van der Waals surface area contributed by atoms with Crippen LogP contribution in [0.4, 0.5) is 0 Å². The Morgan fingerprint density at radius 1 is 1.50 bits per heavy atom. The van der Waals surface area contributed by atoms with Crippen LogP contribution >= 0.6 is 11.6 Å². The Balaban J connectivity index is 2.15. The van der Waals surface area contributed by atoms with E-state index in [1.54, 1.807) is 0 Å². The SMILES string of the molecule is CC(N)C1(c2ccc3n[nH]c(Cl)c3c2)CC1. The molecule has 4 heteroatoms. The summed E-state index contributed by atoms with van der Waals surface area (Å²) in [7, 11) is 0. The fraction of sp³-hybridized carbons (Fsp3) is 0.417. The van der Waals surface area contributed by atoms with E-state index in [2.05, 4.69) is 29.3 Å². The third-order valence-corrected chi connectivity index (χ3v) is 4.03. The summed E-state index contributed by atoms with van der Waals surface area (Å²) < 4.78 is 0. The Morgan fingerprint density at radius 3 is 2.88 bits per heavy atom. The molecule has 0 bridgehead atoms. The normalized spacial score (nSPS) is 19.9. The van der Waals surface area contributed by atoms with Gasteiger partial charge in [0, 0.05) is 16.8 Å². The molecular weight excluding hydrogens is 222 g/mol. The third-order valence-electron chi connectivity index (χ3n) is 3.74. The predicted octanol–water partition coefficient (Wildman–Crippen LogP) is 2.60. The van der Waals surface area contributed by atoms with E-state index in [1.165, 1.54) is 18.4 Å². The van der Waals surface area contributed by atoms with Crippen molar-refractivity contribution in [2.24, 2.45) is 5.73 Å². The van der Waals surface area contributed by atoms with Crippen molar-refractivity contribution in [1.29, 1.82) is 0 Å². The third kappa shape index (κ3) is 1.28. The number of rotatable bonds is 2. The smallest absolute Gasteiger partial charge is 0.132 e.